The van der Waals surface area contributed by atoms with E-state index in [-0.39, 0.29) is 5.91 Å². The summed E-state index contributed by atoms with van der Waals surface area (Å²) in [5.41, 5.74) is 2.95. The summed E-state index contributed by atoms with van der Waals surface area (Å²) in [7, 11) is 0. The number of anilines is 1. The number of nitrogens with one attached hydrogen (secondary N) is 1. The lowest BCUT2D eigenvalue weighted by molar-refractivity contribution is 0.102. The number of aryl methyl sites for hydroxylation is 2. The monoisotopic (exact) mass is 335 g/mol. The third kappa shape index (κ3) is 3.90. The molecule has 0 unspecified atom stereocenters. The Bertz CT molecular complexity index is 590. The first-order valence-corrected chi connectivity index (χ1v) is 7.44. The van der Waals surface area contributed by atoms with Gasteiger partial charge in [-0.15, -0.1) is 0 Å². The Hall–Kier alpha value is -1.68. The fourth-order valence-electron chi connectivity index (χ4n) is 1.93. The van der Waals surface area contributed by atoms with Crippen molar-refractivity contribution in [2.45, 2.75) is 13.3 Å². The summed E-state index contributed by atoms with van der Waals surface area (Å²) >= 11 is 3.38. The highest BCUT2D eigenvalue weighted by Crippen LogP contribution is 2.14. The standard InChI is InChI=1S/C16H15BrFNO/c1-11-8-13(10-14(18)9-11)16(20)19-15-4-2-12(3-5-15)6-7-17/h2-5,8-10H,6-7H2,1H3,(H,19,20). The molecule has 0 aliphatic carbocycles. The molecular formula is C16H15BrFNO. The largest absolute Gasteiger partial charge is 0.322 e. The second kappa shape index (κ2) is 6.66. The van der Waals surface area contributed by atoms with Crippen molar-refractivity contribution in [1.29, 1.82) is 0 Å². The van der Waals surface area contributed by atoms with E-state index < -0.39 is 5.82 Å². The molecule has 2 nitrogen and oxygen atoms in total. The molecule has 20 heavy (non-hydrogen) atoms. The molecule has 4 heteroatoms. The third-order valence-corrected chi connectivity index (χ3v) is 3.30. The molecule has 2 aromatic rings. The zero-order valence-corrected chi connectivity index (χ0v) is 12.7. The van der Waals surface area contributed by atoms with Gasteiger partial charge in [-0.25, -0.2) is 4.39 Å². The van der Waals surface area contributed by atoms with Gasteiger partial charge in [-0.1, -0.05) is 28.1 Å². The van der Waals surface area contributed by atoms with E-state index in [1.807, 2.05) is 24.3 Å². The van der Waals surface area contributed by atoms with Crippen molar-refractivity contribution in [3.05, 3.63) is 65.0 Å². The summed E-state index contributed by atoms with van der Waals surface area (Å²) in [5, 5.41) is 3.67. The predicted octanol–water partition coefficient (Wildman–Crippen LogP) is 4.32. The van der Waals surface area contributed by atoms with Gasteiger partial charge in [0.1, 0.15) is 5.82 Å². The number of carbonyl (C=O) groups excluding carboxylic acids is 1. The van der Waals surface area contributed by atoms with E-state index in [1.165, 1.54) is 17.7 Å². The van der Waals surface area contributed by atoms with E-state index in [9.17, 15) is 9.18 Å². The smallest absolute Gasteiger partial charge is 0.255 e. The maximum absolute atomic E-state index is 13.3. The minimum absolute atomic E-state index is 0.305. The van der Waals surface area contributed by atoms with Gasteiger partial charge in [-0.3, -0.25) is 4.79 Å². The highest BCUT2D eigenvalue weighted by atomic mass is 79.9. The molecule has 0 fully saturated rings. The van der Waals surface area contributed by atoms with Crippen LogP contribution in [0.2, 0.25) is 0 Å². The summed E-state index contributed by atoms with van der Waals surface area (Å²) in [6.45, 7) is 1.76. The molecule has 0 spiro atoms. The minimum atomic E-state index is -0.400. The third-order valence-electron chi connectivity index (χ3n) is 2.90. The van der Waals surface area contributed by atoms with Gasteiger partial charge in [0.2, 0.25) is 0 Å². The molecule has 104 valence electrons. The molecule has 1 amide bonds. The normalized spacial score (nSPS) is 10.3. The number of amides is 1. The van der Waals surface area contributed by atoms with E-state index in [4.69, 9.17) is 0 Å². The number of carbonyl (C=O) groups is 1. The number of hydrogen-bond donors (Lipinski definition) is 1. The van der Waals surface area contributed by atoms with Crippen LogP contribution in [0.1, 0.15) is 21.5 Å². The number of benzene rings is 2. The first kappa shape index (κ1) is 14.7. The zero-order valence-electron chi connectivity index (χ0n) is 11.1. The van der Waals surface area contributed by atoms with Crippen molar-refractivity contribution >= 4 is 27.5 Å². The number of hydrogen-bond acceptors (Lipinski definition) is 1. The molecule has 0 aliphatic heterocycles. The molecule has 0 saturated carbocycles. The fraction of sp³-hybridized carbons (Fsp3) is 0.188. The molecule has 0 atom stereocenters. The van der Waals surface area contributed by atoms with Crippen molar-refractivity contribution in [2.24, 2.45) is 0 Å². The van der Waals surface area contributed by atoms with E-state index in [0.717, 1.165) is 17.3 Å². The van der Waals surface area contributed by atoms with Gasteiger partial charge >= 0.3 is 0 Å². The first-order valence-electron chi connectivity index (χ1n) is 6.32. The van der Waals surface area contributed by atoms with Crippen LogP contribution in [0.3, 0.4) is 0 Å². The predicted molar refractivity (Wildman–Crippen MR) is 83.0 cm³/mol. The molecule has 0 aromatic heterocycles. The molecule has 0 saturated heterocycles. The zero-order chi connectivity index (χ0) is 14.5. The highest BCUT2D eigenvalue weighted by Gasteiger charge is 2.08. The van der Waals surface area contributed by atoms with Gasteiger partial charge < -0.3 is 5.32 Å². The van der Waals surface area contributed by atoms with Crippen LogP contribution in [0, 0.1) is 12.7 Å². The van der Waals surface area contributed by atoms with Gasteiger partial charge in [0, 0.05) is 16.6 Å². The SMILES string of the molecule is Cc1cc(F)cc(C(=O)Nc2ccc(CCBr)cc2)c1. The molecule has 0 radical (unpaired) electrons. The van der Waals surface area contributed by atoms with Crippen LogP contribution in [0.4, 0.5) is 10.1 Å². The van der Waals surface area contributed by atoms with Gasteiger partial charge in [0.15, 0.2) is 0 Å². The van der Waals surface area contributed by atoms with Crippen LogP contribution in [0.25, 0.3) is 0 Å². The van der Waals surface area contributed by atoms with Crippen LogP contribution >= 0.6 is 15.9 Å². The van der Waals surface area contributed by atoms with E-state index in [0.29, 0.717) is 11.3 Å². The summed E-state index contributed by atoms with van der Waals surface area (Å²) in [4.78, 5) is 12.0. The van der Waals surface area contributed by atoms with Crippen molar-refractivity contribution in [1.82, 2.24) is 0 Å². The van der Waals surface area contributed by atoms with Crippen LogP contribution in [-0.2, 0) is 6.42 Å². The lowest BCUT2D eigenvalue weighted by Gasteiger charge is -2.07. The topological polar surface area (TPSA) is 29.1 Å². The Balaban J connectivity index is 2.10. The molecule has 0 aliphatic rings. The van der Waals surface area contributed by atoms with Crippen LogP contribution < -0.4 is 5.32 Å². The molecule has 2 rings (SSSR count). The Morgan fingerprint density at radius 3 is 2.50 bits per heavy atom. The summed E-state index contributed by atoms with van der Waals surface area (Å²) in [6.07, 6.45) is 0.942. The second-order valence-corrected chi connectivity index (χ2v) is 5.40. The highest BCUT2D eigenvalue weighted by molar-refractivity contribution is 9.09. The van der Waals surface area contributed by atoms with Gasteiger partial charge in [-0.2, -0.15) is 0 Å². The van der Waals surface area contributed by atoms with Gasteiger partial charge in [-0.05, 0) is 54.8 Å². The average molecular weight is 336 g/mol. The van der Waals surface area contributed by atoms with Crippen LogP contribution in [-0.4, -0.2) is 11.2 Å². The van der Waals surface area contributed by atoms with E-state index in [2.05, 4.69) is 21.2 Å². The summed E-state index contributed by atoms with van der Waals surface area (Å²) < 4.78 is 13.3. The van der Waals surface area contributed by atoms with Crippen molar-refractivity contribution in [2.75, 3.05) is 10.6 Å². The second-order valence-electron chi connectivity index (χ2n) is 4.61. The Morgan fingerprint density at radius 1 is 1.20 bits per heavy atom. The molecule has 0 heterocycles. The number of alkyl halides is 1. The first-order chi connectivity index (χ1) is 9.58. The quantitative estimate of drug-likeness (QED) is 0.828. The Labute approximate surface area is 126 Å². The van der Waals surface area contributed by atoms with E-state index in [1.54, 1.807) is 13.0 Å². The lowest BCUT2D eigenvalue weighted by Crippen LogP contribution is -2.12. The maximum Gasteiger partial charge on any atom is 0.255 e. The number of halogens is 2. The minimum Gasteiger partial charge on any atom is -0.322 e. The number of rotatable bonds is 4. The molecule has 2 aromatic carbocycles. The maximum atomic E-state index is 13.3. The fourth-order valence-corrected chi connectivity index (χ4v) is 2.39. The Kier molecular flexibility index (Phi) is 4.90. The summed E-state index contributed by atoms with van der Waals surface area (Å²) in [5.74, 6) is -0.705. The molecule has 0 bridgehead atoms. The van der Waals surface area contributed by atoms with Crippen molar-refractivity contribution < 1.29 is 9.18 Å². The average Bonchev–Trinajstić information content (AvgIpc) is 2.40. The molecule has 1 N–H and O–H groups in total. The van der Waals surface area contributed by atoms with Crippen molar-refractivity contribution in [3.8, 4) is 0 Å². The molecular weight excluding hydrogens is 321 g/mol. The summed E-state index contributed by atoms with van der Waals surface area (Å²) in [6, 6.07) is 11.9. The van der Waals surface area contributed by atoms with Gasteiger partial charge in [0.25, 0.3) is 5.91 Å². The Morgan fingerprint density at radius 2 is 1.90 bits per heavy atom. The van der Waals surface area contributed by atoms with Crippen LogP contribution in [0.5, 0.6) is 0 Å². The van der Waals surface area contributed by atoms with Gasteiger partial charge in [0.05, 0.1) is 0 Å². The lowest BCUT2D eigenvalue weighted by atomic mass is 10.1. The van der Waals surface area contributed by atoms with E-state index >= 15 is 0 Å². The van der Waals surface area contributed by atoms with Crippen molar-refractivity contribution in [3.63, 3.8) is 0 Å². The van der Waals surface area contributed by atoms with Crippen LogP contribution in [0.15, 0.2) is 42.5 Å².